The standard InChI is InChI=1S/C20H17N3O2S/c1-23-18-13-7-5-11-16(18)20(17-12-6-8-14-19(17)23)21-22-26(24,25)15-9-3-2-4-10-15/h2-14,22H,1H3. The van der Waals surface area contributed by atoms with E-state index in [4.69, 9.17) is 0 Å². The third-order valence-corrected chi connectivity index (χ3v) is 5.60. The van der Waals surface area contributed by atoms with Gasteiger partial charge in [0.05, 0.1) is 15.9 Å². The van der Waals surface area contributed by atoms with Crippen molar-refractivity contribution >= 4 is 31.8 Å². The van der Waals surface area contributed by atoms with E-state index in [-0.39, 0.29) is 4.90 Å². The quantitative estimate of drug-likeness (QED) is 0.449. The number of benzene rings is 3. The Bertz CT molecular complexity index is 1220. The molecule has 0 aliphatic carbocycles. The summed E-state index contributed by atoms with van der Waals surface area (Å²) in [6.07, 6.45) is 0. The number of fused-ring (bicyclic) bond motifs is 2. The summed E-state index contributed by atoms with van der Waals surface area (Å²) < 4.78 is 27.1. The molecule has 0 aliphatic heterocycles. The van der Waals surface area contributed by atoms with Crippen LogP contribution in [0.4, 0.5) is 0 Å². The van der Waals surface area contributed by atoms with E-state index >= 15 is 0 Å². The molecule has 3 aromatic carbocycles. The Morgan fingerprint density at radius 1 is 0.769 bits per heavy atom. The first kappa shape index (κ1) is 16.4. The molecule has 4 rings (SSSR count). The van der Waals surface area contributed by atoms with Gasteiger partial charge < -0.3 is 4.57 Å². The van der Waals surface area contributed by atoms with Crippen molar-refractivity contribution in [3.63, 3.8) is 0 Å². The molecule has 0 saturated carbocycles. The Morgan fingerprint density at radius 2 is 1.27 bits per heavy atom. The van der Waals surface area contributed by atoms with E-state index in [9.17, 15) is 8.42 Å². The van der Waals surface area contributed by atoms with Crippen LogP contribution in [0.3, 0.4) is 0 Å². The van der Waals surface area contributed by atoms with Crippen molar-refractivity contribution in [1.29, 1.82) is 0 Å². The van der Waals surface area contributed by atoms with Gasteiger partial charge in [0.1, 0.15) is 5.36 Å². The third kappa shape index (κ3) is 2.74. The van der Waals surface area contributed by atoms with Crippen molar-refractivity contribution < 1.29 is 8.42 Å². The van der Waals surface area contributed by atoms with E-state index in [0.717, 1.165) is 21.8 Å². The second kappa shape index (κ2) is 6.31. The molecule has 6 heteroatoms. The number of para-hydroxylation sites is 2. The van der Waals surface area contributed by atoms with Gasteiger partial charge in [-0.1, -0.05) is 54.6 Å². The maximum atomic E-state index is 12.5. The number of hydrogen-bond donors (Lipinski definition) is 1. The van der Waals surface area contributed by atoms with Crippen molar-refractivity contribution in [2.75, 3.05) is 0 Å². The second-order valence-electron chi connectivity index (χ2n) is 5.96. The third-order valence-electron chi connectivity index (χ3n) is 4.37. The van der Waals surface area contributed by atoms with Gasteiger partial charge in [-0.2, -0.15) is 18.4 Å². The summed E-state index contributed by atoms with van der Waals surface area (Å²) in [5.41, 5.74) is 1.95. The summed E-state index contributed by atoms with van der Waals surface area (Å²) in [5, 5.41) is 6.66. The van der Waals surface area contributed by atoms with Crippen LogP contribution in [0.1, 0.15) is 0 Å². The monoisotopic (exact) mass is 363 g/mol. The lowest BCUT2D eigenvalue weighted by Gasteiger charge is -2.12. The van der Waals surface area contributed by atoms with Crippen LogP contribution in [-0.2, 0) is 17.1 Å². The summed E-state index contributed by atoms with van der Waals surface area (Å²) in [5.74, 6) is 0. The molecule has 0 radical (unpaired) electrons. The fraction of sp³-hybridized carbons (Fsp3) is 0.0500. The van der Waals surface area contributed by atoms with Crippen molar-refractivity contribution in [2.45, 2.75) is 4.90 Å². The molecule has 130 valence electrons. The topological polar surface area (TPSA) is 63.5 Å². The first-order chi connectivity index (χ1) is 12.6. The molecule has 0 unspecified atom stereocenters. The van der Waals surface area contributed by atoms with Crippen molar-refractivity contribution in [2.24, 2.45) is 12.1 Å². The zero-order valence-corrected chi connectivity index (χ0v) is 14.9. The van der Waals surface area contributed by atoms with Crippen LogP contribution < -0.4 is 10.2 Å². The summed E-state index contributed by atoms with van der Waals surface area (Å²) >= 11 is 0. The lowest BCUT2D eigenvalue weighted by atomic mass is 10.1. The van der Waals surface area contributed by atoms with Crippen molar-refractivity contribution in [1.82, 2.24) is 9.40 Å². The number of aryl methyl sites for hydroxylation is 1. The summed E-state index contributed by atoms with van der Waals surface area (Å²) in [4.78, 5) is 2.56. The van der Waals surface area contributed by atoms with Crippen LogP contribution in [0.2, 0.25) is 0 Å². The SMILES string of the molecule is Cn1c2ccccc2c(=NNS(=O)(=O)c2ccccc2)c2ccccc21. The molecule has 1 heterocycles. The van der Waals surface area contributed by atoms with Gasteiger partial charge in [-0.05, 0) is 24.3 Å². The number of nitrogens with zero attached hydrogens (tertiary/aromatic N) is 2. The van der Waals surface area contributed by atoms with Gasteiger partial charge in [-0.15, -0.1) is 0 Å². The van der Waals surface area contributed by atoms with E-state index in [1.807, 2.05) is 55.6 Å². The predicted molar refractivity (Wildman–Crippen MR) is 103 cm³/mol. The lowest BCUT2D eigenvalue weighted by molar-refractivity contribution is 0.583. The van der Waals surface area contributed by atoms with E-state index in [2.05, 4.69) is 14.5 Å². The van der Waals surface area contributed by atoms with Crippen LogP contribution in [0.15, 0.2) is 88.9 Å². The van der Waals surface area contributed by atoms with Gasteiger partial charge in [0.15, 0.2) is 0 Å². The molecule has 1 N–H and O–H groups in total. The molecule has 1 aromatic heterocycles. The Hall–Kier alpha value is -3.12. The Kier molecular flexibility index (Phi) is 3.97. The van der Waals surface area contributed by atoms with Crippen LogP contribution in [0.5, 0.6) is 0 Å². The number of aromatic nitrogens is 1. The Balaban J connectivity index is 1.98. The maximum Gasteiger partial charge on any atom is 0.276 e. The minimum atomic E-state index is -3.73. The molecule has 0 atom stereocenters. The van der Waals surface area contributed by atoms with E-state index in [0.29, 0.717) is 5.36 Å². The second-order valence-corrected chi connectivity index (χ2v) is 7.62. The zero-order chi connectivity index (χ0) is 18.1. The van der Waals surface area contributed by atoms with E-state index < -0.39 is 10.0 Å². The molecule has 0 spiro atoms. The highest BCUT2D eigenvalue weighted by atomic mass is 32.2. The first-order valence-corrected chi connectivity index (χ1v) is 9.63. The van der Waals surface area contributed by atoms with E-state index in [1.165, 1.54) is 0 Å². The molecular weight excluding hydrogens is 346 g/mol. The minimum absolute atomic E-state index is 0.179. The molecule has 26 heavy (non-hydrogen) atoms. The molecule has 0 saturated heterocycles. The highest BCUT2D eigenvalue weighted by Gasteiger charge is 2.12. The predicted octanol–water partition coefficient (Wildman–Crippen LogP) is 3.13. The fourth-order valence-electron chi connectivity index (χ4n) is 3.09. The first-order valence-electron chi connectivity index (χ1n) is 8.15. The maximum absolute atomic E-state index is 12.5. The van der Waals surface area contributed by atoms with Gasteiger partial charge >= 0.3 is 0 Å². The highest BCUT2D eigenvalue weighted by molar-refractivity contribution is 7.89. The van der Waals surface area contributed by atoms with Gasteiger partial charge in [-0.25, -0.2) is 0 Å². The van der Waals surface area contributed by atoms with Crippen LogP contribution in [0.25, 0.3) is 21.8 Å². The number of hydrogen-bond acceptors (Lipinski definition) is 3. The number of pyridine rings is 1. The minimum Gasteiger partial charge on any atom is -0.344 e. The van der Waals surface area contributed by atoms with Crippen molar-refractivity contribution in [3.8, 4) is 0 Å². The average Bonchev–Trinajstić information content (AvgIpc) is 2.69. The summed E-state index contributed by atoms with van der Waals surface area (Å²) in [6.45, 7) is 0. The van der Waals surface area contributed by atoms with Crippen LogP contribution in [-0.4, -0.2) is 13.0 Å². The molecular formula is C20H17N3O2S. The molecule has 0 bridgehead atoms. The fourth-order valence-corrected chi connectivity index (χ4v) is 3.92. The molecule has 4 aromatic rings. The summed E-state index contributed by atoms with van der Waals surface area (Å²) in [6, 6.07) is 23.8. The van der Waals surface area contributed by atoms with Crippen molar-refractivity contribution in [3.05, 3.63) is 84.2 Å². The normalized spacial score (nSPS) is 11.6. The van der Waals surface area contributed by atoms with E-state index in [1.54, 1.807) is 30.3 Å². The van der Waals surface area contributed by atoms with Gasteiger partial charge in [-0.3, -0.25) is 0 Å². The largest absolute Gasteiger partial charge is 0.344 e. The molecule has 0 aliphatic rings. The number of rotatable bonds is 3. The Labute approximate surface area is 151 Å². The number of sulfonamides is 1. The summed E-state index contributed by atoms with van der Waals surface area (Å²) in [7, 11) is -1.74. The Morgan fingerprint density at radius 3 is 1.85 bits per heavy atom. The number of nitrogens with one attached hydrogen (secondary N) is 1. The molecule has 0 fully saturated rings. The van der Waals surface area contributed by atoms with Gasteiger partial charge in [0.2, 0.25) is 0 Å². The molecule has 5 nitrogen and oxygen atoms in total. The highest BCUT2D eigenvalue weighted by Crippen LogP contribution is 2.17. The van der Waals surface area contributed by atoms with Gasteiger partial charge in [0, 0.05) is 17.8 Å². The van der Waals surface area contributed by atoms with Crippen LogP contribution >= 0.6 is 0 Å². The average molecular weight is 363 g/mol. The zero-order valence-electron chi connectivity index (χ0n) is 14.1. The van der Waals surface area contributed by atoms with Crippen LogP contribution in [0, 0.1) is 0 Å². The van der Waals surface area contributed by atoms with Gasteiger partial charge in [0.25, 0.3) is 10.0 Å². The lowest BCUT2D eigenvalue weighted by Crippen LogP contribution is -2.23. The smallest absolute Gasteiger partial charge is 0.276 e. The molecule has 0 amide bonds.